The molecule has 4 rings (SSSR count). The van der Waals surface area contributed by atoms with Crippen LogP contribution in [0.4, 0.5) is 0 Å². The minimum Gasteiger partial charge on any atom is -0.481 e. The first-order valence-electron chi connectivity index (χ1n) is 11.5. The van der Waals surface area contributed by atoms with Crippen molar-refractivity contribution in [3.8, 4) is 0 Å². The summed E-state index contributed by atoms with van der Waals surface area (Å²) in [4.78, 5) is 16.5. The van der Waals surface area contributed by atoms with Crippen LogP contribution in [-0.2, 0) is 4.79 Å². The fourth-order valence-electron chi connectivity index (χ4n) is 5.44. The van der Waals surface area contributed by atoms with Crippen LogP contribution in [0.15, 0.2) is 60.7 Å². The molecule has 4 heteroatoms. The molecule has 2 aliphatic rings. The van der Waals surface area contributed by atoms with Crippen LogP contribution in [0, 0.1) is 5.92 Å². The lowest BCUT2D eigenvalue weighted by Gasteiger charge is -2.43. The van der Waals surface area contributed by atoms with E-state index in [4.69, 9.17) is 0 Å². The van der Waals surface area contributed by atoms with Crippen molar-refractivity contribution < 1.29 is 9.90 Å². The molecule has 2 heterocycles. The van der Waals surface area contributed by atoms with E-state index in [0.717, 1.165) is 32.5 Å². The van der Waals surface area contributed by atoms with E-state index in [9.17, 15) is 9.90 Å². The summed E-state index contributed by atoms with van der Waals surface area (Å²) in [6.07, 6.45) is 4.80. The van der Waals surface area contributed by atoms with Gasteiger partial charge < -0.3 is 14.9 Å². The zero-order valence-corrected chi connectivity index (χ0v) is 17.8. The summed E-state index contributed by atoms with van der Waals surface area (Å²) in [5.74, 6) is 0.120. The highest BCUT2D eigenvalue weighted by atomic mass is 16.4. The van der Waals surface area contributed by atoms with Gasteiger partial charge >= 0.3 is 5.97 Å². The Bertz CT molecular complexity index is 750. The van der Waals surface area contributed by atoms with Crippen LogP contribution in [0.2, 0.25) is 0 Å². The van der Waals surface area contributed by atoms with Gasteiger partial charge in [-0.2, -0.15) is 0 Å². The van der Waals surface area contributed by atoms with Crippen molar-refractivity contribution in [3.05, 3.63) is 71.8 Å². The molecule has 0 amide bonds. The van der Waals surface area contributed by atoms with Gasteiger partial charge in [-0.3, -0.25) is 4.79 Å². The summed E-state index contributed by atoms with van der Waals surface area (Å²) < 4.78 is 0. The average Bonchev–Trinajstić information content (AvgIpc) is 3.32. The number of hydrogen-bond donors (Lipinski definition) is 1. The van der Waals surface area contributed by atoms with Crippen LogP contribution in [0.3, 0.4) is 0 Å². The molecule has 2 aliphatic heterocycles. The first kappa shape index (κ1) is 21.1. The van der Waals surface area contributed by atoms with Gasteiger partial charge in [-0.1, -0.05) is 60.7 Å². The zero-order chi connectivity index (χ0) is 20.8. The van der Waals surface area contributed by atoms with Gasteiger partial charge in [0.05, 0.1) is 0 Å². The third-order valence-electron chi connectivity index (χ3n) is 6.96. The number of likely N-dealkylation sites (tertiary alicyclic amines) is 2. The molecule has 1 N–H and O–H groups in total. The van der Waals surface area contributed by atoms with Crippen LogP contribution in [0.5, 0.6) is 0 Å². The summed E-state index contributed by atoms with van der Waals surface area (Å²) in [6, 6.07) is 22.1. The molecule has 2 aromatic rings. The molecule has 0 aliphatic carbocycles. The Hall–Kier alpha value is -2.17. The number of nitrogens with zero attached hydrogens (tertiary/aromatic N) is 2. The van der Waals surface area contributed by atoms with Crippen LogP contribution in [0.25, 0.3) is 0 Å². The normalized spacial score (nSPS) is 23.1. The van der Waals surface area contributed by atoms with E-state index in [1.807, 2.05) is 0 Å². The van der Waals surface area contributed by atoms with Gasteiger partial charge in [0, 0.05) is 31.5 Å². The molecule has 2 aromatic carbocycles. The molecule has 0 unspecified atom stereocenters. The van der Waals surface area contributed by atoms with Gasteiger partial charge in [0.2, 0.25) is 0 Å². The first-order valence-corrected chi connectivity index (χ1v) is 11.5. The van der Waals surface area contributed by atoms with Crippen molar-refractivity contribution in [2.24, 2.45) is 5.92 Å². The summed E-state index contributed by atoms with van der Waals surface area (Å²) in [7, 11) is 0. The van der Waals surface area contributed by atoms with Gasteiger partial charge in [-0.15, -0.1) is 0 Å². The predicted octanol–water partition coefficient (Wildman–Crippen LogP) is 4.47. The maximum absolute atomic E-state index is 11.3. The molecule has 0 aromatic heterocycles. The Morgan fingerprint density at radius 1 is 0.933 bits per heavy atom. The number of carboxylic acids is 1. The van der Waals surface area contributed by atoms with Crippen molar-refractivity contribution >= 4 is 5.97 Å². The van der Waals surface area contributed by atoms with Gasteiger partial charge in [0.25, 0.3) is 0 Å². The lowest BCUT2D eigenvalue weighted by molar-refractivity contribution is -0.137. The summed E-state index contributed by atoms with van der Waals surface area (Å²) in [6.45, 7) is 5.46. The Labute approximate surface area is 180 Å². The fourth-order valence-corrected chi connectivity index (χ4v) is 5.44. The Morgan fingerprint density at radius 2 is 1.53 bits per heavy atom. The maximum Gasteiger partial charge on any atom is 0.303 e. The standard InChI is InChI=1S/C26H34N2O2/c29-26(30)14-13-23-19-27(18-15-25(23)28-16-7-8-17-28)20-24(21-9-3-1-4-10-21)22-11-5-2-6-12-22/h1-6,9-12,23-25H,7-8,13-20H2,(H,29,30)/t23-,25+/m1/s1. The molecule has 0 bridgehead atoms. The first-order chi connectivity index (χ1) is 14.7. The van der Waals surface area contributed by atoms with Gasteiger partial charge in [0.15, 0.2) is 0 Å². The van der Waals surface area contributed by atoms with E-state index in [2.05, 4.69) is 70.5 Å². The minimum atomic E-state index is -0.668. The fraction of sp³-hybridized carbons (Fsp3) is 0.500. The minimum absolute atomic E-state index is 0.281. The summed E-state index contributed by atoms with van der Waals surface area (Å²) >= 11 is 0. The molecule has 2 fully saturated rings. The number of hydrogen-bond acceptors (Lipinski definition) is 3. The zero-order valence-electron chi connectivity index (χ0n) is 17.8. The van der Waals surface area contributed by atoms with Crippen molar-refractivity contribution in [3.63, 3.8) is 0 Å². The SMILES string of the molecule is O=C(O)CC[C@@H]1CN(CC(c2ccccc2)c2ccccc2)CC[C@@H]1N1CCCC1. The highest BCUT2D eigenvalue weighted by Gasteiger charge is 2.35. The number of benzene rings is 2. The largest absolute Gasteiger partial charge is 0.481 e. The number of carbonyl (C=O) groups is 1. The van der Waals surface area contributed by atoms with E-state index < -0.39 is 5.97 Å². The number of aliphatic carboxylic acids is 1. The lowest BCUT2D eigenvalue weighted by atomic mass is 9.85. The third kappa shape index (κ3) is 5.30. The number of rotatable bonds is 8. The molecular weight excluding hydrogens is 372 g/mol. The lowest BCUT2D eigenvalue weighted by Crippen LogP contribution is -2.51. The van der Waals surface area contributed by atoms with Crippen molar-refractivity contribution in [2.45, 2.75) is 44.1 Å². The second-order valence-electron chi connectivity index (χ2n) is 8.93. The highest BCUT2D eigenvalue weighted by Crippen LogP contribution is 2.32. The Morgan fingerprint density at radius 3 is 2.10 bits per heavy atom. The van der Waals surface area contributed by atoms with E-state index in [1.165, 1.54) is 37.1 Å². The van der Waals surface area contributed by atoms with Crippen molar-refractivity contribution in [2.75, 3.05) is 32.7 Å². The molecule has 4 nitrogen and oxygen atoms in total. The van der Waals surface area contributed by atoms with E-state index in [0.29, 0.717) is 17.9 Å². The number of carboxylic acid groups (broad SMARTS) is 1. The third-order valence-corrected chi connectivity index (χ3v) is 6.96. The second kappa shape index (κ2) is 10.2. The smallest absolute Gasteiger partial charge is 0.303 e. The molecule has 0 saturated carbocycles. The molecular formula is C26H34N2O2. The Kier molecular flexibility index (Phi) is 7.19. The van der Waals surface area contributed by atoms with Crippen LogP contribution >= 0.6 is 0 Å². The van der Waals surface area contributed by atoms with E-state index in [1.54, 1.807) is 0 Å². The molecule has 0 radical (unpaired) electrons. The van der Waals surface area contributed by atoms with Crippen molar-refractivity contribution in [1.29, 1.82) is 0 Å². The predicted molar refractivity (Wildman–Crippen MR) is 121 cm³/mol. The quantitative estimate of drug-likeness (QED) is 0.702. The maximum atomic E-state index is 11.3. The molecule has 160 valence electrons. The average molecular weight is 407 g/mol. The summed E-state index contributed by atoms with van der Waals surface area (Å²) in [5, 5.41) is 9.28. The molecule has 0 spiro atoms. The number of piperidine rings is 1. The molecule has 2 atom stereocenters. The van der Waals surface area contributed by atoms with Crippen LogP contribution in [0.1, 0.15) is 49.1 Å². The van der Waals surface area contributed by atoms with E-state index >= 15 is 0 Å². The van der Waals surface area contributed by atoms with Gasteiger partial charge in [-0.05, 0) is 62.4 Å². The summed E-state index contributed by atoms with van der Waals surface area (Å²) in [5.41, 5.74) is 2.71. The van der Waals surface area contributed by atoms with Crippen LogP contribution < -0.4 is 0 Å². The topological polar surface area (TPSA) is 43.8 Å². The van der Waals surface area contributed by atoms with Gasteiger partial charge in [-0.25, -0.2) is 0 Å². The highest BCUT2D eigenvalue weighted by molar-refractivity contribution is 5.66. The van der Waals surface area contributed by atoms with Crippen LogP contribution in [-0.4, -0.2) is 59.6 Å². The molecule has 30 heavy (non-hydrogen) atoms. The van der Waals surface area contributed by atoms with E-state index in [-0.39, 0.29) is 6.42 Å². The van der Waals surface area contributed by atoms with Crippen molar-refractivity contribution in [1.82, 2.24) is 9.80 Å². The molecule has 2 saturated heterocycles. The van der Waals surface area contributed by atoms with Gasteiger partial charge in [0.1, 0.15) is 0 Å². The monoisotopic (exact) mass is 406 g/mol. The Balaban J connectivity index is 1.49. The second-order valence-corrected chi connectivity index (χ2v) is 8.93.